The van der Waals surface area contributed by atoms with Crippen molar-refractivity contribution in [3.05, 3.63) is 51.8 Å². The van der Waals surface area contributed by atoms with Crippen LogP contribution in [0.5, 0.6) is 0 Å². The van der Waals surface area contributed by atoms with E-state index in [0.29, 0.717) is 27.1 Å². The zero-order valence-corrected chi connectivity index (χ0v) is 15.7. The van der Waals surface area contributed by atoms with Crippen LogP contribution in [0.15, 0.2) is 35.3 Å². The summed E-state index contributed by atoms with van der Waals surface area (Å²) in [5.41, 5.74) is 2.71. The van der Waals surface area contributed by atoms with Crippen LogP contribution in [0.1, 0.15) is 12.5 Å². The molecule has 0 aliphatic heterocycles. The van der Waals surface area contributed by atoms with Gasteiger partial charge in [0.15, 0.2) is 0 Å². The van der Waals surface area contributed by atoms with Gasteiger partial charge in [0, 0.05) is 25.7 Å². The second-order valence-electron chi connectivity index (χ2n) is 5.59. The number of hydrogen-bond donors (Lipinski definition) is 0. The van der Waals surface area contributed by atoms with Gasteiger partial charge in [-0.25, -0.2) is 9.38 Å². The molecule has 0 N–H and O–H groups in total. The van der Waals surface area contributed by atoms with Gasteiger partial charge in [0.1, 0.15) is 5.82 Å². The van der Waals surface area contributed by atoms with Gasteiger partial charge < -0.3 is 9.80 Å². The summed E-state index contributed by atoms with van der Waals surface area (Å²) in [5, 5.41) is 0.825. The highest BCUT2D eigenvalue weighted by Crippen LogP contribution is 2.39. The molecule has 2 aromatic rings. The zero-order chi connectivity index (χ0) is 17.9. The van der Waals surface area contributed by atoms with Crippen LogP contribution in [0, 0.1) is 12.7 Å². The molecule has 2 rings (SSSR count). The Balaban J connectivity index is 2.46. The highest BCUT2D eigenvalue weighted by molar-refractivity contribution is 6.36. The summed E-state index contributed by atoms with van der Waals surface area (Å²) in [7, 11) is 3.70. The van der Waals surface area contributed by atoms with Crippen LogP contribution in [0.3, 0.4) is 0 Å². The Hall–Kier alpha value is -1.78. The predicted molar refractivity (Wildman–Crippen MR) is 102 cm³/mol. The van der Waals surface area contributed by atoms with Crippen LogP contribution in [0.25, 0.3) is 0 Å². The van der Waals surface area contributed by atoms with E-state index < -0.39 is 5.82 Å². The van der Waals surface area contributed by atoms with Crippen molar-refractivity contribution in [1.82, 2.24) is 4.90 Å². The Morgan fingerprint density at radius 2 is 1.83 bits per heavy atom. The van der Waals surface area contributed by atoms with Crippen LogP contribution in [-0.4, -0.2) is 31.9 Å². The Bertz CT molecular complexity index is 762. The lowest BCUT2D eigenvalue weighted by atomic mass is 10.1. The SMILES string of the molecule is CCN(C)C=Nc1cc(C)cc(N(C)c2ccc(Cl)cc2F)c1Cl. The second-order valence-corrected chi connectivity index (χ2v) is 6.40. The van der Waals surface area contributed by atoms with E-state index in [1.165, 1.54) is 6.07 Å². The first-order valence-corrected chi connectivity index (χ1v) is 8.32. The summed E-state index contributed by atoms with van der Waals surface area (Å²) in [4.78, 5) is 8.08. The lowest BCUT2D eigenvalue weighted by Crippen LogP contribution is -2.14. The highest BCUT2D eigenvalue weighted by Gasteiger charge is 2.16. The first-order chi connectivity index (χ1) is 11.3. The molecule has 0 saturated carbocycles. The second kappa shape index (κ2) is 7.86. The largest absolute Gasteiger partial charge is 0.366 e. The summed E-state index contributed by atoms with van der Waals surface area (Å²) in [6.45, 7) is 4.83. The van der Waals surface area contributed by atoms with E-state index in [1.807, 2.05) is 37.9 Å². The van der Waals surface area contributed by atoms with Gasteiger partial charge >= 0.3 is 0 Å². The van der Waals surface area contributed by atoms with Gasteiger partial charge in [-0.3, -0.25) is 0 Å². The molecule has 0 amide bonds. The van der Waals surface area contributed by atoms with E-state index in [0.717, 1.165) is 12.1 Å². The Labute approximate surface area is 152 Å². The lowest BCUT2D eigenvalue weighted by molar-refractivity contribution is 0.552. The van der Waals surface area contributed by atoms with E-state index in [2.05, 4.69) is 4.99 Å². The Morgan fingerprint density at radius 3 is 2.46 bits per heavy atom. The van der Waals surface area contributed by atoms with E-state index in [9.17, 15) is 4.39 Å². The van der Waals surface area contributed by atoms with Gasteiger partial charge in [-0.1, -0.05) is 23.2 Å². The van der Waals surface area contributed by atoms with Gasteiger partial charge in [0.05, 0.1) is 28.4 Å². The number of benzene rings is 2. The maximum atomic E-state index is 14.2. The van der Waals surface area contributed by atoms with Crippen molar-refractivity contribution in [3.63, 3.8) is 0 Å². The molecule has 2 aromatic carbocycles. The van der Waals surface area contributed by atoms with Gasteiger partial charge in [0.2, 0.25) is 0 Å². The number of aryl methyl sites for hydroxylation is 1. The van der Waals surface area contributed by atoms with E-state index in [-0.39, 0.29) is 0 Å². The number of anilines is 2. The van der Waals surface area contributed by atoms with Crippen molar-refractivity contribution in [2.24, 2.45) is 4.99 Å². The molecule has 24 heavy (non-hydrogen) atoms. The van der Waals surface area contributed by atoms with Crippen molar-refractivity contribution in [1.29, 1.82) is 0 Å². The number of aliphatic imine (C=N–C) groups is 1. The predicted octanol–water partition coefficient (Wildman–Crippen LogP) is 5.82. The fourth-order valence-corrected chi connectivity index (χ4v) is 2.64. The van der Waals surface area contributed by atoms with E-state index in [1.54, 1.807) is 30.4 Å². The molecule has 0 radical (unpaired) electrons. The quantitative estimate of drug-likeness (QED) is 0.489. The molecule has 0 aromatic heterocycles. The Morgan fingerprint density at radius 1 is 1.12 bits per heavy atom. The maximum absolute atomic E-state index is 14.2. The first kappa shape index (κ1) is 18.6. The molecule has 0 fully saturated rings. The van der Waals surface area contributed by atoms with E-state index >= 15 is 0 Å². The van der Waals surface area contributed by atoms with Crippen molar-refractivity contribution in [3.8, 4) is 0 Å². The molecule has 0 heterocycles. The molecule has 0 aliphatic carbocycles. The average Bonchev–Trinajstić information content (AvgIpc) is 2.54. The molecule has 0 aliphatic rings. The smallest absolute Gasteiger partial charge is 0.148 e. The normalized spacial score (nSPS) is 11.1. The number of halogens is 3. The molecule has 0 unspecified atom stereocenters. The van der Waals surface area contributed by atoms with E-state index in [4.69, 9.17) is 23.2 Å². The molecule has 0 saturated heterocycles. The molecule has 6 heteroatoms. The monoisotopic (exact) mass is 367 g/mol. The molecular weight excluding hydrogens is 348 g/mol. The van der Waals surface area contributed by atoms with Crippen molar-refractivity contribution < 1.29 is 4.39 Å². The Kier molecular flexibility index (Phi) is 6.08. The topological polar surface area (TPSA) is 18.8 Å². The van der Waals surface area contributed by atoms with Gasteiger partial charge in [0.25, 0.3) is 0 Å². The number of rotatable bonds is 5. The van der Waals surface area contributed by atoms with Gasteiger partial charge in [-0.2, -0.15) is 0 Å². The number of nitrogens with zero attached hydrogens (tertiary/aromatic N) is 3. The lowest BCUT2D eigenvalue weighted by Gasteiger charge is -2.23. The molecule has 0 atom stereocenters. The van der Waals surface area contributed by atoms with Crippen LogP contribution < -0.4 is 4.90 Å². The first-order valence-electron chi connectivity index (χ1n) is 7.56. The highest BCUT2D eigenvalue weighted by atomic mass is 35.5. The molecule has 3 nitrogen and oxygen atoms in total. The molecule has 0 spiro atoms. The van der Waals surface area contributed by atoms with Crippen LogP contribution in [0.2, 0.25) is 10.0 Å². The third-order valence-corrected chi connectivity index (χ3v) is 4.33. The van der Waals surface area contributed by atoms with Crippen LogP contribution in [0.4, 0.5) is 21.5 Å². The van der Waals surface area contributed by atoms with Crippen molar-refractivity contribution in [2.45, 2.75) is 13.8 Å². The minimum absolute atomic E-state index is 0.355. The minimum atomic E-state index is -0.404. The zero-order valence-electron chi connectivity index (χ0n) is 14.1. The fourth-order valence-electron chi connectivity index (χ4n) is 2.19. The fraction of sp³-hybridized carbons (Fsp3) is 0.278. The third-order valence-electron chi connectivity index (χ3n) is 3.70. The third kappa shape index (κ3) is 4.19. The molecule has 0 bridgehead atoms. The standard InChI is InChI=1S/C18H20Cl2FN3/c1-5-23(3)11-22-15-8-12(2)9-17(18(15)20)24(4)16-7-6-13(19)10-14(16)21/h6-11H,5H2,1-4H3. The van der Waals surface area contributed by atoms with Gasteiger partial charge in [-0.05, 0) is 49.7 Å². The molecular formula is C18H20Cl2FN3. The maximum Gasteiger partial charge on any atom is 0.148 e. The summed E-state index contributed by atoms with van der Waals surface area (Å²) < 4.78 is 14.2. The summed E-state index contributed by atoms with van der Waals surface area (Å²) in [6, 6.07) is 8.36. The molecule has 128 valence electrons. The minimum Gasteiger partial charge on any atom is -0.366 e. The summed E-state index contributed by atoms with van der Waals surface area (Å²) in [5.74, 6) is -0.404. The van der Waals surface area contributed by atoms with Crippen LogP contribution in [-0.2, 0) is 0 Å². The summed E-state index contributed by atoms with van der Waals surface area (Å²) >= 11 is 12.3. The van der Waals surface area contributed by atoms with Crippen molar-refractivity contribution in [2.75, 3.05) is 25.5 Å². The average molecular weight is 368 g/mol. The summed E-state index contributed by atoms with van der Waals surface area (Å²) in [6.07, 6.45) is 1.73. The van der Waals surface area contributed by atoms with Gasteiger partial charge in [-0.15, -0.1) is 0 Å². The number of hydrogen-bond acceptors (Lipinski definition) is 2. The van der Waals surface area contributed by atoms with Crippen LogP contribution >= 0.6 is 23.2 Å². The van der Waals surface area contributed by atoms with Crippen molar-refractivity contribution >= 4 is 46.6 Å².